The van der Waals surface area contributed by atoms with Crippen molar-refractivity contribution in [3.8, 4) is 0 Å². The summed E-state index contributed by atoms with van der Waals surface area (Å²) in [5.74, 6) is 0.861. The summed E-state index contributed by atoms with van der Waals surface area (Å²) in [4.78, 5) is 33.6. The van der Waals surface area contributed by atoms with Crippen molar-refractivity contribution in [2.24, 2.45) is 11.8 Å². The van der Waals surface area contributed by atoms with Crippen LogP contribution in [0.25, 0.3) is 0 Å². The average molecular weight is 654 g/mol. The van der Waals surface area contributed by atoms with Gasteiger partial charge in [-0.15, -0.1) is 0 Å². The summed E-state index contributed by atoms with van der Waals surface area (Å²) in [5, 5.41) is 9.83. The number of benzene rings is 1. The number of hydrogen-bond donors (Lipinski definition) is 1. The normalized spacial score (nSPS) is 20.8. The van der Waals surface area contributed by atoms with Crippen LogP contribution in [0.3, 0.4) is 0 Å². The number of carbonyl (C=O) groups is 2. The van der Waals surface area contributed by atoms with Gasteiger partial charge in [0.15, 0.2) is 0 Å². The van der Waals surface area contributed by atoms with Crippen LogP contribution in [0.2, 0.25) is 5.02 Å². The first-order chi connectivity index (χ1) is 17.8. The number of nitrogens with zero attached hydrogens (tertiary/aromatic N) is 3. The van der Waals surface area contributed by atoms with Crippen molar-refractivity contribution in [1.82, 2.24) is 14.8 Å². The Labute approximate surface area is 240 Å². The molecule has 1 atom stereocenters. The summed E-state index contributed by atoms with van der Waals surface area (Å²) in [6.07, 6.45) is 7.81. The number of carbonyl (C=O) groups excluding carboxylic acids is 2. The maximum absolute atomic E-state index is 13.2. The highest BCUT2D eigenvalue weighted by atomic mass is 79.9. The number of piperidine rings is 2. The van der Waals surface area contributed by atoms with Crippen LogP contribution in [0.5, 0.6) is 0 Å². The lowest BCUT2D eigenvalue weighted by molar-refractivity contribution is -0.136. The topological polar surface area (TPSA) is 73.7 Å². The molecule has 0 bridgehead atoms. The third-order valence-electron chi connectivity index (χ3n) is 8.35. The van der Waals surface area contributed by atoms with E-state index in [0.29, 0.717) is 31.3 Å². The van der Waals surface area contributed by atoms with E-state index in [1.807, 2.05) is 17.2 Å². The van der Waals surface area contributed by atoms with Gasteiger partial charge in [-0.2, -0.15) is 0 Å². The van der Waals surface area contributed by atoms with Crippen molar-refractivity contribution in [2.75, 3.05) is 32.8 Å². The average Bonchev–Trinajstić information content (AvgIpc) is 3.05. The van der Waals surface area contributed by atoms with Crippen molar-refractivity contribution in [3.05, 3.63) is 60.7 Å². The van der Waals surface area contributed by atoms with E-state index in [2.05, 4.69) is 44.0 Å². The minimum Gasteiger partial charge on any atom is -0.387 e. The molecule has 9 heteroatoms. The molecule has 1 aliphatic carbocycles. The molecule has 2 amide bonds. The SMILES string of the molecule is O=C(CO)N1CCC(CC(=O)N2CCC([C@H]3c4ncc(Br)cc4CCc4cc(Cl)cc(Br)c43)CC2)CC1. The number of pyridine rings is 1. The predicted molar refractivity (Wildman–Crippen MR) is 151 cm³/mol. The van der Waals surface area contributed by atoms with Crippen LogP contribution >= 0.6 is 43.5 Å². The number of aryl methyl sites for hydroxylation is 2. The summed E-state index contributed by atoms with van der Waals surface area (Å²) in [6, 6.07) is 6.30. The van der Waals surface area contributed by atoms with Crippen molar-refractivity contribution >= 4 is 55.3 Å². The monoisotopic (exact) mass is 651 g/mol. The molecule has 198 valence electrons. The molecule has 2 fully saturated rings. The lowest BCUT2D eigenvalue weighted by Gasteiger charge is -2.38. The van der Waals surface area contributed by atoms with Crippen LogP contribution < -0.4 is 0 Å². The second kappa shape index (κ2) is 11.7. The molecule has 37 heavy (non-hydrogen) atoms. The number of halogens is 3. The molecule has 0 spiro atoms. The minimum atomic E-state index is -0.440. The standard InChI is InChI=1S/C28H32Br2ClN3O3/c29-21-12-20-2-1-19-13-22(31)14-23(30)26(19)27(28(20)32-15-21)18-5-9-33(10-6-18)24(36)11-17-3-7-34(8-4-17)25(37)16-35/h12-15,17-18,27,35H,1-11,16H2/t27-/m1/s1. The number of fused-ring (bicyclic) bond motifs is 2. The van der Waals surface area contributed by atoms with Gasteiger partial charge < -0.3 is 14.9 Å². The fourth-order valence-electron chi connectivity index (χ4n) is 6.37. The summed E-state index contributed by atoms with van der Waals surface area (Å²) in [5.41, 5.74) is 5.01. The van der Waals surface area contributed by atoms with Gasteiger partial charge in [0.05, 0.1) is 5.69 Å². The van der Waals surface area contributed by atoms with Gasteiger partial charge in [0.2, 0.25) is 11.8 Å². The maximum atomic E-state index is 13.2. The van der Waals surface area contributed by atoms with Gasteiger partial charge in [0.1, 0.15) is 6.61 Å². The van der Waals surface area contributed by atoms with E-state index < -0.39 is 6.61 Å². The first kappa shape index (κ1) is 27.1. The number of hydrogen-bond acceptors (Lipinski definition) is 4. The van der Waals surface area contributed by atoms with Crippen molar-refractivity contribution in [3.63, 3.8) is 0 Å². The quantitative estimate of drug-likeness (QED) is 0.483. The third-order valence-corrected chi connectivity index (χ3v) is 9.65. The van der Waals surface area contributed by atoms with E-state index in [9.17, 15) is 9.59 Å². The van der Waals surface area contributed by atoms with Gasteiger partial charge in [-0.05, 0) is 101 Å². The fourth-order valence-corrected chi connectivity index (χ4v) is 7.87. The Morgan fingerprint density at radius 1 is 0.946 bits per heavy atom. The Morgan fingerprint density at radius 3 is 2.30 bits per heavy atom. The Kier molecular flexibility index (Phi) is 8.59. The molecule has 1 N–H and O–H groups in total. The molecule has 6 nitrogen and oxygen atoms in total. The van der Waals surface area contributed by atoms with E-state index in [1.54, 1.807) is 4.90 Å². The van der Waals surface area contributed by atoms with E-state index in [-0.39, 0.29) is 17.7 Å². The molecular formula is C28H32Br2ClN3O3. The number of aliphatic hydroxyl groups excluding tert-OH is 1. The van der Waals surface area contributed by atoms with Crippen LogP contribution in [0.15, 0.2) is 33.3 Å². The van der Waals surface area contributed by atoms with Gasteiger partial charge in [-0.25, -0.2) is 0 Å². The van der Waals surface area contributed by atoms with Gasteiger partial charge in [0.25, 0.3) is 0 Å². The van der Waals surface area contributed by atoms with Gasteiger partial charge in [-0.1, -0.05) is 27.5 Å². The molecule has 2 aromatic rings. The largest absolute Gasteiger partial charge is 0.387 e. The van der Waals surface area contributed by atoms with Gasteiger partial charge in [0, 0.05) is 58.7 Å². The van der Waals surface area contributed by atoms with Gasteiger partial charge in [-0.3, -0.25) is 14.6 Å². The Balaban J connectivity index is 1.28. The van der Waals surface area contributed by atoms with Crippen LogP contribution in [0.4, 0.5) is 0 Å². The second-order valence-electron chi connectivity index (χ2n) is 10.5. The summed E-state index contributed by atoms with van der Waals surface area (Å²) in [7, 11) is 0. The third kappa shape index (κ3) is 5.92. The minimum absolute atomic E-state index is 0.165. The van der Waals surface area contributed by atoms with E-state index in [4.69, 9.17) is 21.7 Å². The second-order valence-corrected chi connectivity index (χ2v) is 12.7. The molecule has 3 aliphatic rings. The smallest absolute Gasteiger partial charge is 0.248 e. The van der Waals surface area contributed by atoms with Crippen LogP contribution in [-0.4, -0.2) is 64.5 Å². The molecule has 0 radical (unpaired) electrons. The van der Waals surface area contributed by atoms with Crippen LogP contribution in [0, 0.1) is 11.8 Å². The van der Waals surface area contributed by atoms with Crippen molar-refractivity contribution < 1.29 is 14.7 Å². The Hall–Kier alpha value is -1.48. The summed E-state index contributed by atoms with van der Waals surface area (Å²) < 4.78 is 2.04. The first-order valence-electron chi connectivity index (χ1n) is 13.1. The Bertz CT molecular complexity index is 1180. The molecule has 5 rings (SSSR count). The highest BCUT2D eigenvalue weighted by molar-refractivity contribution is 9.10. The molecule has 1 aromatic carbocycles. The molecule has 3 heterocycles. The Morgan fingerprint density at radius 2 is 1.59 bits per heavy atom. The predicted octanol–water partition coefficient (Wildman–Crippen LogP) is 5.35. The first-order valence-corrected chi connectivity index (χ1v) is 15.1. The van der Waals surface area contributed by atoms with E-state index in [0.717, 1.165) is 71.3 Å². The zero-order valence-corrected chi connectivity index (χ0v) is 24.7. The zero-order valence-electron chi connectivity index (χ0n) is 20.8. The molecule has 2 aliphatic heterocycles. The van der Waals surface area contributed by atoms with E-state index in [1.165, 1.54) is 16.7 Å². The summed E-state index contributed by atoms with van der Waals surface area (Å²) >= 11 is 13.9. The fraction of sp³-hybridized carbons (Fsp3) is 0.536. The number of aromatic nitrogens is 1. The van der Waals surface area contributed by atoms with Crippen LogP contribution in [0.1, 0.15) is 60.4 Å². The molecule has 1 aromatic heterocycles. The van der Waals surface area contributed by atoms with Crippen LogP contribution in [-0.2, 0) is 22.4 Å². The van der Waals surface area contributed by atoms with E-state index >= 15 is 0 Å². The highest BCUT2D eigenvalue weighted by Gasteiger charge is 2.36. The molecule has 0 unspecified atom stereocenters. The van der Waals surface area contributed by atoms with Crippen molar-refractivity contribution in [2.45, 2.75) is 50.9 Å². The highest BCUT2D eigenvalue weighted by Crippen LogP contribution is 2.46. The molecule has 0 saturated carbocycles. The number of rotatable bonds is 4. The molecule has 2 saturated heterocycles. The van der Waals surface area contributed by atoms with Crippen molar-refractivity contribution in [1.29, 1.82) is 0 Å². The lowest BCUT2D eigenvalue weighted by Crippen LogP contribution is -2.43. The zero-order chi connectivity index (χ0) is 26.1. The number of amides is 2. The number of aliphatic hydroxyl groups is 1. The maximum Gasteiger partial charge on any atom is 0.248 e. The van der Waals surface area contributed by atoms with Gasteiger partial charge >= 0.3 is 0 Å². The molecular weight excluding hydrogens is 622 g/mol. The lowest BCUT2D eigenvalue weighted by atomic mass is 9.76. The number of likely N-dealkylation sites (tertiary alicyclic amines) is 2. The summed E-state index contributed by atoms with van der Waals surface area (Å²) in [6.45, 7) is 2.33.